The van der Waals surface area contributed by atoms with E-state index in [0.717, 1.165) is 0 Å². The summed E-state index contributed by atoms with van der Waals surface area (Å²) in [7, 11) is 0. The number of phenols is 1. The van der Waals surface area contributed by atoms with Crippen molar-refractivity contribution in [2.45, 2.75) is 6.67 Å². The average molecular weight is 259 g/mol. The molecular weight excluding hydrogens is 256 g/mol. The maximum absolute atomic E-state index is 12.8. The molecule has 0 aromatic heterocycles. The van der Waals surface area contributed by atoms with Crippen LogP contribution in [0, 0.1) is 17.5 Å². The van der Waals surface area contributed by atoms with Gasteiger partial charge in [0.2, 0.25) is 5.82 Å². The van der Waals surface area contributed by atoms with Gasteiger partial charge < -0.3 is 5.11 Å². The minimum absolute atomic E-state index is 0.650. The second-order valence-electron chi connectivity index (χ2n) is 2.22. The van der Waals surface area contributed by atoms with Crippen LogP contribution in [0.4, 0.5) is 17.6 Å². The van der Waals surface area contributed by atoms with E-state index in [4.69, 9.17) is 5.11 Å². The maximum Gasteiger partial charge on any atom is 0.204 e. The number of aromatic hydroxyl groups is 1. The molecule has 6 heteroatoms. The first-order chi connectivity index (χ1) is 6.00. The number of alkyl halides is 1. The van der Waals surface area contributed by atoms with E-state index in [2.05, 4.69) is 15.9 Å². The van der Waals surface area contributed by atoms with Crippen molar-refractivity contribution in [1.29, 1.82) is 0 Å². The largest absolute Gasteiger partial charge is 0.503 e. The lowest BCUT2D eigenvalue weighted by atomic mass is 10.2. The third-order valence-electron chi connectivity index (χ3n) is 1.46. The second-order valence-corrected chi connectivity index (χ2v) is 3.01. The Kier molecular flexibility index (Phi) is 2.80. The molecule has 0 fully saturated rings. The van der Waals surface area contributed by atoms with E-state index in [1.54, 1.807) is 0 Å². The predicted octanol–water partition coefficient (Wildman–Crippen LogP) is 3.04. The standard InChI is InChI=1S/C7H3BrF4O/c8-3-2(1-9)4(10)7(13)6(12)5(3)11/h13H,1H2. The van der Waals surface area contributed by atoms with Crippen molar-refractivity contribution in [3.8, 4) is 5.75 Å². The quantitative estimate of drug-likeness (QED) is 0.467. The molecule has 0 saturated carbocycles. The molecule has 72 valence electrons. The van der Waals surface area contributed by atoms with Gasteiger partial charge >= 0.3 is 0 Å². The summed E-state index contributed by atoms with van der Waals surface area (Å²) in [4.78, 5) is 0. The van der Waals surface area contributed by atoms with Gasteiger partial charge in [-0.05, 0) is 15.9 Å². The highest BCUT2D eigenvalue weighted by molar-refractivity contribution is 9.10. The summed E-state index contributed by atoms with van der Waals surface area (Å²) in [6, 6.07) is 0. The van der Waals surface area contributed by atoms with Crippen LogP contribution in [-0.2, 0) is 6.67 Å². The van der Waals surface area contributed by atoms with Gasteiger partial charge in [-0.2, -0.15) is 4.39 Å². The first-order valence-electron chi connectivity index (χ1n) is 3.10. The minimum atomic E-state index is -1.73. The van der Waals surface area contributed by atoms with Crippen molar-refractivity contribution in [3.05, 3.63) is 27.5 Å². The molecule has 1 nitrogen and oxygen atoms in total. The zero-order valence-corrected chi connectivity index (χ0v) is 7.63. The first kappa shape index (κ1) is 10.3. The summed E-state index contributed by atoms with van der Waals surface area (Å²) in [5, 5.41) is 8.65. The Bertz CT molecular complexity index is 324. The number of rotatable bonds is 1. The monoisotopic (exact) mass is 258 g/mol. The molecule has 0 atom stereocenters. The highest BCUT2D eigenvalue weighted by atomic mass is 79.9. The van der Waals surface area contributed by atoms with Crippen molar-refractivity contribution >= 4 is 15.9 Å². The zero-order chi connectivity index (χ0) is 10.2. The summed E-state index contributed by atoms with van der Waals surface area (Å²) >= 11 is 2.47. The molecular formula is C7H3BrF4O. The van der Waals surface area contributed by atoms with Gasteiger partial charge in [0.15, 0.2) is 17.4 Å². The number of hydrogen-bond acceptors (Lipinski definition) is 1. The van der Waals surface area contributed by atoms with E-state index in [-0.39, 0.29) is 0 Å². The molecule has 0 aliphatic heterocycles. The van der Waals surface area contributed by atoms with Crippen LogP contribution in [0.15, 0.2) is 4.47 Å². The molecule has 0 bridgehead atoms. The summed E-state index contributed by atoms with van der Waals surface area (Å²) in [5.41, 5.74) is -0.739. The van der Waals surface area contributed by atoms with Crippen LogP contribution in [0.25, 0.3) is 0 Å². The molecule has 0 spiro atoms. The molecule has 13 heavy (non-hydrogen) atoms. The Morgan fingerprint density at radius 1 is 1.08 bits per heavy atom. The summed E-state index contributed by atoms with van der Waals surface area (Å²) in [5.74, 6) is -6.24. The van der Waals surface area contributed by atoms with Gasteiger partial charge in [-0.1, -0.05) is 0 Å². The van der Waals surface area contributed by atoms with Gasteiger partial charge in [0, 0.05) is 5.56 Å². The van der Waals surface area contributed by atoms with Gasteiger partial charge in [0.05, 0.1) is 4.47 Å². The molecule has 0 heterocycles. The number of hydrogen-bond donors (Lipinski definition) is 1. The van der Waals surface area contributed by atoms with Crippen molar-refractivity contribution in [2.75, 3.05) is 0 Å². The Balaban J connectivity index is 3.56. The van der Waals surface area contributed by atoms with Crippen LogP contribution < -0.4 is 0 Å². The average Bonchev–Trinajstić information content (AvgIpc) is 2.13. The lowest BCUT2D eigenvalue weighted by molar-refractivity contribution is 0.362. The van der Waals surface area contributed by atoms with Gasteiger partial charge in [-0.25, -0.2) is 13.2 Å². The fraction of sp³-hybridized carbons (Fsp3) is 0.143. The maximum atomic E-state index is 12.8. The number of benzene rings is 1. The second kappa shape index (κ2) is 3.53. The Morgan fingerprint density at radius 3 is 2.08 bits per heavy atom. The summed E-state index contributed by atoms with van der Waals surface area (Å²) in [6.45, 7) is -1.34. The van der Waals surface area contributed by atoms with Crippen molar-refractivity contribution in [2.24, 2.45) is 0 Å². The molecule has 1 aromatic rings. The molecule has 1 aromatic carbocycles. The molecule has 0 saturated heterocycles. The highest BCUT2D eigenvalue weighted by Crippen LogP contribution is 2.33. The topological polar surface area (TPSA) is 20.2 Å². The van der Waals surface area contributed by atoms with Crippen LogP contribution in [0.2, 0.25) is 0 Å². The van der Waals surface area contributed by atoms with Gasteiger partial charge in [-0.15, -0.1) is 0 Å². The lowest BCUT2D eigenvalue weighted by Crippen LogP contribution is -1.97. The fourth-order valence-electron chi connectivity index (χ4n) is 0.786. The van der Waals surface area contributed by atoms with Crippen LogP contribution in [-0.4, -0.2) is 5.11 Å². The van der Waals surface area contributed by atoms with E-state index >= 15 is 0 Å². The third-order valence-corrected chi connectivity index (χ3v) is 2.29. The summed E-state index contributed by atoms with van der Waals surface area (Å²) in [6.07, 6.45) is 0. The highest BCUT2D eigenvalue weighted by Gasteiger charge is 2.22. The Labute approximate surface area is 79.1 Å². The van der Waals surface area contributed by atoms with E-state index in [1.807, 2.05) is 0 Å². The van der Waals surface area contributed by atoms with Crippen LogP contribution in [0.3, 0.4) is 0 Å². The summed E-state index contributed by atoms with van der Waals surface area (Å²) < 4.78 is 49.5. The molecule has 0 unspecified atom stereocenters. The minimum Gasteiger partial charge on any atom is -0.503 e. The number of halogens is 5. The Hall–Kier alpha value is -0.780. The Morgan fingerprint density at radius 2 is 1.62 bits per heavy atom. The molecule has 0 amide bonds. The van der Waals surface area contributed by atoms with Crippen LogP contribution in [0.5, 0.6) is 5.75 Å². The van der Waals surface area contributed by atoms with Gasteiger partial charge in [-0.3, -0.25) is 0 Å². The first-order valence-corrected chi connectivity index (χ1v) is 3.89. The SMILES string of the molecule is Oc1c(F)c(F)c(Br)c(CF)c1F. The zero-order valence-electron chi connectivity index (χ0n) is 6.04. The molecule has 0 aliphatic carbocycles. The number of phenolic OH excluding ortho intramolecular Hbond substituents is 1. The van der Waals surface area contributed by atoms with Crippen LogP contribution in [0.1, 0.15) is 5.56 Å². The predicted molar refractivity (Wildman–Crippen MR) is 40.5 cm³/mol. The smallest absolute Gasteiger partial charge is 0.204 e. The molecule has 0 radical (unpaired) electrons. The van der Waals surface area contributed by atoms with Gasteiger partial charge in [0.25, 0.3) is 0 Å². The fourth-order valence-corrected chi connectivity index (χ4v) is 1.24. The van der Waals surface area contributed by atoms with Crippen molar-refractivity contribution < 1.29 is 22.7 Å². The van der Waals surface area contributed by atoms with Gasteiger partial charge in [0.1, 0.15) is 6.67 Å². The third kappa shape index (κ3) is 1.50. The van der Waals surface area contributed by atoms with E-state index < -0.39 is 39.9 Å². The van der Waals surface area contributed by atoms with Crippen molar-refractivity contribution in [3.63, 3.8) is 0 Å². The molecule has 0 aliphatic rings. The van der Waals surface area contributed by atoms with Crippen LogP contribution >= 0.6 is 15.9 Å². The van der Waals surface area contributed by atoms with Crippen molar-refractivity contribution in [1.82, 2.24) is 0 Å². The van der Waals surface area contributed by atoms with E-state index in [9.17, 15) is 17.6 Å². The lowest BCUT2D eigenvalue weighted by Gasteiger charge is -2.06. The molecule has 1 N–H and O–H groups in total. The van der Waals surface area contributed by atoms with E-state index in [0.29, 0.717) is 0 Å². The van der Waals surface area contributed by atoms with E-state index in [1.165, 1.54) is 0 Å². The molecule has 1 rings (SSSR count). The normalized spacial score (nSPS) is 10.5.